The van der Waals surface area contributed by atoms with Crippen molar-refractivity contribution in [3.8, 4) is 5.75 Å². The SMILES string of the molecule is CCCCCC(CC)c1nc(Nc2ccc(Cl)c(Cl)c2F)c2cc(N)c(OC)cc2n1. The van der Waals surface area contributed by atoms with Crippen LogP contribution in [-0.2, 0) is 0 Å². The van der Waals surface area contributed by atoms with Crippen LogP contribution >= 0.6 is 23.2 Å². The number of nitrogen functional groups attached to an aromatic ring is 1. The fourth-order valence-corrected chi connectivity index (χ4v) is 3.86. The number of halogens is 3. The number of ether oxygens (including phenoxy) is 1. The smallest absolute Gasteiger partial charge is 0.166 e. The van der Waals surface area contributed by atoms with E-state index in [1.165, 1.54) is 12.1 Å². The summed E-state index contributed by atoms with van der Waals surface area (Å²) in [5.74, 6) is 1.25. The maximum Gasteiger partial charge on any atom is 0.166 e. The van der Waals surface area contributed by atoms with Crippen LogP contribution in [0.2, 0.25) is 10.0 Å². The first-order chi connectivity index (χ1) is 14.9. The molecule has 0 bridgehead atoms. The molecule has 3 aromatic rings. The van der Waals surface area contributed by atoms with E-state index in [4.69, 9.17) is 43.6 Å². The standard InChI is InChI=1S/C23H27Cl2FN4O/c1-4-6-7-8-13(5-2)22-29-18-12-19(31-3)16(27)11-14(18)23(30-22)28-17-10-9-15(24)20(25)21(17)26/h9-13H,4-8,27H2,1-3H3,(H,28,29,30). The highest BCUT2D eigenvalue weighted by molar-refractivity contribution is 6.42. The summed E-state index contributed by atoms with van der Waals surface area (Å²) in [6.45, 7) is 4.30. The number of rotatable bonds is 9. The third-order valence-electron chi connectivity index (χ3n) is 5.37. The molecular weight excluding hydrogens is 438 g/mol. The van der Waals surface area contributed by atoms with Gasteiger partial charge in [0.1, 0.15) is 17.4 Å². The number of benzene rings is 2. The molecule has 0 spiro atoms. The van der Waals surface area contributed by atoms with Crippen molar-refractivity contribution in [2.24, 2.45) is 0 Å². The number of anilines is 3. The quantitative estimate of drug-likeness (QED) is 0.195. The molecule has 0 saturated carbocycles. The second kappa shape index (κ2) is 10.3. The molecular formula is C23H27Cl2FN4O. The van der Waals surface area contributed by atoms with Gasteiger partial charge in [-0.3, -0.25) is 0 Å². The summed E-state index contributed by atoms with van der Waals surface area (Å²) in [7, 11) is 1.56. The summed E-state index contributed by atoms with van der Waals surface area (Å²) in [4.78, 5) is 9.58. The minimum absolute atomic E-state index is 0.141. The van der Waals surface area contributed by atoms with E-state index in [1.807, 2.05) is 0 Å². The molecule has 2 aromatic carbocycles. The molecule has 0 amide bonds. The number of nitrogens with zero attached hydrogens (tertiary/aromatic N) is 2. The summed E-state index contributed by atoms with van der Waals surface area (Å²) in [6.07, 6.45) is 5.30. The minimum atomic E-state index is -0.640. The second-order valence-corrected chi connectivity index (χ2v) is 8.28. The fourth-order valence-electron chi connectivity index (χ4n) is 3.55. The predicted octanol–water partition coefficient (Wildman–Crippen LogP) is 7.48. The Labute approximate surface area is 192 Å². The Morgan fingerprint density at radius 3 is 2.61 bits per heavy atom. The maximum absolute atomic E-state index is 14.7. The second-order valence-electron chi connectivity index (χ2n) is 7.49. The number of fused-ring (bicyclic) bond motifs is 1. The first-order valence-corrected chi connectivity index (χ1v) is 11.2. The van der Waals surface area contributed by atoms with Gasteiger partial charge in [0.25, 0.3) is 0 Å². The van der Waals surface area contributed by atoms with Gasteiger partial charge in [0, 0.05) is 17.4 Å². The van der Waals surface area contributed by atoms with Crippen LogP contribution in [0, 0.1) is 5.82 Å². The molecule has 0 aliphatic heterocycles. The van der Waals surface area contributed by atoms with Gasteiger partial charge in [0.2, 0.25) is 0 Å². The molecule has 3 rings (SSSR count). The van der Waals surface area contributed by atoms with Gasteiger partial charge in [0.05, 0.1) is 34.0 Å². The van der Waals surface area contributed by atoms with E-state index in [2.05, 4.69) is 19.2 Å². The summed E-state index contributed by atoms with van der Waals surface area (Å²) in [6, 6.07) is 6.58. The summed E-state index contributed by atoms with van der Waals surface area (Å²) < 4.78 is 20.1. The van der Waals surface area contributed by atoms with Crippen LogP contribution in [0.3, 0.4) is 0 Å². The number of hydrogen-bond donors (Lipinski definition) is 2. The molecule has 0 aliphatic carbocycles. The molecule has 0 fully saturated rings. The van der Waals surface area contributed by atoms with Gasteiger partial charge >= 0.3 is 0 Å². The lowest BCUT2D eigenvalue weighted by atomic mass is 9.97. The molecule has 31 heavy (non-hydrogen) atoms. The zero-order valence-corrected chi connectivity index (χ0v) is 19.4. The Morgan fingerprint density at radius 2 is 1.94 bits per heavy atom. The Balaban J connectivity index is 2.13. The number of unbranched alkanes of at least 4 members (excludes halogenated alkanes) is 2. The van der Waals surface area contributed by atoms with Crippen LogP contribution < -0.4 is 15.8 Å². The lowest BCUT2D eigenvalue weighted by Crippen LogP contribution is -2.08. The number of nitrogens with two attached hydrogens (primary N) is 1. The average Bonchev–Trinajstić information content (AvgIpc) is 2.77. The fraction of sp³-hybridized carbons (Fsp3) is 0.391. The molecule has 0 radical (unpaired) electrons. The van der Waals surface area contributed by atoms with E-state index >= 15 is 0 Å². The number of methoxy groups -OCH3 is 1. The van der Waals surface area contributed by atoms with Crippen molar-refractivity contribution >= 4 is 51.3 Å². The molecule has 1 atom stereocenters. The van der Waals surface area contributed by atoms with Crippen molar-refractivity contribution < 1.29 is 9.13 Å². The Kier molecular flexibility index (Phi) is 7.79. The molecule has 0 saturated heterocycles. The Bertz CT molecular complexity index is 1080. The molecule has 5 nitrogen and oxygen atoms in total. The third-order valence-corrected chi connectivity index (χ3v) is 6.15. The van der Waals surface area contributed by atoms with Crippen LogP contribution in [0.5, 0.6) is 5.75 Å². The average molecular weight is 465 g/mol. The van der Waals surface area contributed by atoms with Gasteiger partial charge in [-0.2, -0.15) is 0 Å². The normalized spacial score (nSPS) is 12.2. The topological polar surface area (TPSA) is 73.1 Å². The zero-order valence-electron chi connectivity index (χ0n) is 17.9. The lowest BCUT2D eigenvalue weighted by molar-refractivity contribution is 0.417. The maximum atomic E-state index is 14.7. The van der Waals surface area contributed by atoms with Crippen molar-refractivity contribution in [1.82, 2.24) is 9.97 Å². The highest BCUT2D eigenvalue weighted by atomic mass is 35.5. The van der Waals surface area contributed by atoms with Crippen LogP contribution in [0.4, 0.5) is 21.6 Å². The largest absolute Gasteiger partial charge is 0.495 e. The van der Waals surface area contributed by atoms with Gasteiger partial charge in [-0.25, -0.2) is 14.4 Å². The van der Waals surface area contributed by atoms with Crippen LogP contribution in [0.1, 0.15) is 57.7 Å². The van der Waals surface area contributed by atoms with E-state index in [1.54, 1.807) is 19.2 Å². The Morgan fingerprint density at radius 1 is 1.16 bits per heavy atom. The number of hydrogen-bond acceptors (Lipinski definition) is 5. The van der Waals surface area contributed by atoms with Crippen molar-refractivity contribution in [3.05, 3.63) is 46.0 Å². The third kappa shape index (κ3) is 5.13. The molecule has 166 valence electrons. The molecule has 1 unspecified atom stereocenters. The van der Waals surface area contributed by atoms with Crippen LogP contribution in [0.25, 0.3) is 10.9 Å². The van der Waals surface area contributed by atoms with Gasteiger partial charge in [-0.1, -0.05) is 56.3 Å². The highest BCUT2D eigenvalue weighted by Crippen LogP contribution is 2.36. The van der Waals surface area contributed by atoms with E-state index in [0.717, 1.165) is 32.1 Å². The lowest BCUT2D eigenvalue weighted by Gasteiger charge is -2.18. The van der Waals surface area contributed by atoms with E-state index in [0.29, 0.717) is 34.0 Å². The van der Waals surface area contributed by atoms with Gasteiger partial charge in [0.15, 0.2) is 5.82 Å². The molecule has 0 aliphatic rings. The monoisotopic (exact) mass is 464 g/mol. The summed E-state index contributed by atoms with van der Waals surface area (Å²) in [5, 5.41) is 3.74. The first-order valence-electron chi connectivity index (χ1n) is 10.4. The Hall–Kier alpha value is -2.31. The van der Waals surface area contributed by atoms with Gasteiger partial charge < -0.3 is 15.8 Å². The van der Waals surface area contributed by atoms with E-state index < -0.39 is 5.82 Å². The summed E-state index contributed by atoms with van der Waals surface area (Å²) >= 11 is 11.9. The molecule has 1 heterocycles. The highest BCUT2D eigenvalue weighted by Gasteiger charge is 2.19. The van der Waals surface area contributed by atoms with Crippen LogP contribution in [-0.4, -0.2) is 17.1 Å². The first kappa shape index (κ1) is 23.4. The van der Waals surface area contributed by atoms with Crippen molar-refractivity contribution in [3.63, 3.8) is 0 Å². The number of aromatic nitrogens is 2. The van der Waals surface area contributed by atoms with E-state index in [-0.39, 0.29) is 21.7 Å². The number of nitrogens with one attached hydrogen (secondary N) is 1. The van der Waals surface area contributed by atoms with Gasteiger partial charge in [-0.15, -0.1) is 0 Å². The van der Waals surface area contributed by atoms with Crippen molar-refractivity contribution in [1.29, 1.82) is 0 Å². The summed E-state index contributed by atoms with van der Waals surface area (Å²) in [5.41, 5.74) is 7.41. The zero-order chi connectivity index (χ0) is 22.5. The van der Waals surface area contributed by atoms with Crippen molar-refractivity contribution in [2.45, 2.75) is 51.9 Å². The molecule has 1 aromatic heterocycles. The van der Waals surface area contributed by atoms with E-state index in [9.17, 15) is 4.39 Å². The van der Waals surface area contributed by atoms with Crippen molar-refractivity contribution in [2.75, 3.05) is 18.2 Å². The predicted molar refractivity (Wildman–Crippen MR) is 127 cm³/mol. The van der Waals surface area contributed by atoms with Gasteiger partial charge in [-0.05, 0) is 31.0 Å². The minimum Gasteiger partial charge on any atom is -0.495 e. The molecule has 3 N–H and O–H groups in total. The molecule has 8 heteroatoms. The van der Waals surface area contributed by atoms with Crippen LogP contribution in [0.15, 0.2) is 24.3 Å².